The molecule has 0 aliphatic carbocycles. The Morgan fingerprint density at radius 3 is 2.74 bits per heavy atom. The van der Waals surface area contributed by atoms with Crippen LogP contribution in [0.1, 0.15) is 17.9 Å². The molecule has 2 aromatic rings. The lowest BCUT2D eigenvalue weighted by molar-refractivity contribution is -0.141. The maximum Gasteiger partial charge on any atom is 0.433 e. The van der Waals surface area contributed by atoms with E-state index in [0.717, 1.165) is 6.07 Å². The maximum absolute atomic E-state index is 13.1. The van der Waals surface area contributed by atoms with Crippen molar-refractivity contribution in [3.63, 3.8) is 0 Å². The molecule has 1 aliphatic heterocycles. The minimum Gasteiger partial charge on any atom is -0.491 e. The average Bonchev–Trinajstić information content (AvgIpc) is 3.23. The number of rotatable bonds is 7. The van der Waals surface area contributed by atoms with Gasteiger partial charge < -0.3 is 14.4 Å². The zero-order valence-corrected chi connectivity index (χ0v) is 17.9. The molecule has 3 rings (SSSR count). The van der Waals surface area contributed by atoms with Crippen molar-refractivity contribution in [2.45, 2.75) is 22.7 Å². The summed E-state index contributed by atoms with van der Waals surface area (Å²) in [5.41, 5.74) is -1.19. The SMILES string of the molecule is COCCOc1ccc(S(=O)[C@H]2CCN(c3cc(C(F)(F)F)nc(C#N)n3)C2)c(Cl)c1. The number of aromatic nitrogens is 2. The lowest BCUT2D eigenvalue weighted by atomic mass is 10.3. The van der Waals surface area contributed by atoms with E-state index in [1.165, 1.54) is 0 Å². The van der Waals surface area contributed by atoms with Crippen LogP contribution in [-0.4, -0.2) is 52.8 Å². The molecule has 1 aliphatic rings. The predicted octanol–water partition coefficient (Wildman–Crippen LogP) is 3.43. The fraction of sp³-hybridized carbons (Fsp3) is 0.421. The third-order valence-corrected chi connectivity index (χ3v) is 6.76. The number of nitrogens with zero attached hydrogens (tertiary/aromatic N) is 4. The van der Waals surface area contributed by atoms with Crippen molar-refractivity contribution in [2.24, 2.45) is 0 Å². The summed E-state index contributed by atoms with van der Waals surface area (Å²) < 4.78 is 62.6. The molecule has 0 radical (unpaired) electrons. The number of anilines is 1. The Morgan fingerprint density at radius 1 is 1.32 bits per heavy atom. The van der Waals surface area contributed by atoms with E-state index in [9.17, 15) is 17.4 Å². The van der Waals surface area contributed by atoms with Gasteiger partial charge in [0.1, 0.15) is 24.2 Å². The van der Waals surface area contributed by atoms with Crippen LogP contribution in [0.25, 0.3) is 0 Å². The lowest BCUT2D eigenvalue weighted by Gasteiger charge is -2.19. The summed E-state index contributed by atoms with van der Waals surface area (Å²) in [4.78, 5) is 9.09. The number of ether oxygens (including phenoxy) is 2. The Morgan fingerprint density at radius 2 is 2.10 bits per heavy atom. The number of nitriles is 1. The molecule has 0 spiro atoms. The molecular formula is C19H18ClF3N4O3S. The van der Waals surface area contributed by atoms with Crippen LogP contribution < -0.4 is 9.64 Å². The van der Waals surface area contributed by atoms with Crippen LogP contribution in [-0.2, 0) is 21.7 Å². The summed E-state index contributed by atoms with van der Waals surface area (Å²) in [5.74, 6) is -0.0755. The highest BCUT2D eigenvalue weighted by atomic mass is 35.5. The average molecular weight is 475 g/mol. The highest BCUT2D eigenvalue weighted by Gasteiger charge is 2.36. The monoisotopic (exact) mass is 474 g/mol. The van der Waals surface area contributed by atoms with Gasteiger partial charge in [-0.15, -0.1) is 0 Å². The molecule has 1 saturated heterocycles. The third-order valence-electron chi connectivity index (χ3n) is 4.55. The largest absolute Gasteiger partial charge is 0.491 e. The summed E-state index contributed by atoms with van der Waals surface area (Å²) >= 11 is 6.28. The Bertz CT molecular complexity index is 1020. The highest BCUT2D eigenvalue weighted by molar-refractivity contribution is 7.85. The van der Waals surface area contributed by atoms with Gasteiger partial charge in [-0.1, -0.05) is 11.6 Å². The maximum atomic E-state index is 13.1. The summed E-state index contributed by atoms with van der Waals surface area (Å²) in [6.45, 7) is 1.30. The van der Waals surface area contributed by atoms with Gasteiger partial charge in [0.15, 0.2) is 5.69 Å². The molecule has 0 amide bonds. The molecule has 31 heavy (non-hydrogen) atoms. The van der Waals surface area contributed by atoms with Crippen molar-refractivity contribution < 1.29 is 26.9 Å². The Kier molecular flexibility index (Phi) is 7.35. The van der Waals surface area contributed by atoms with Crippen LogP contribution in [0.3, 0.4) is 0 Å². The zero-order valence-electron chi connectivity index (χ0n) is 16.4. The van der Waals surface area contributed by atoms with E-state index in [1.807, 2.05) is 0 Å². The zero-order chi connectivity index (χ0) is 22.6. The molecule has 1 aromatic heterocycles. The second kappa shape index (κ2) is 9.80. The topological polar surface area (TPSA) is 88.3 Å². The standard InChI is InChI=1S/C19H18ClF3N4O3S/c1-29-6-7-30-12-2-3-15(14(20)8-12)31(28)13-4-5-27(11-13)18-9-16(19(21,22)23)25-17(10-24)26-18/h2-3,8-9,13H,4-7,11H2,1H3/t13-,31?/m0/s1. The van der Waals surface area contributed by atoms with Gasteiger partial charge in [0.2, 0.25) is 5.82 Å². The smallest absolute Gasteiger partial charge is 0.433 e. The summed E-state index contributed by atoms with van der Waals surface area (Å²) in [6, 6.07) is 7.18. The predicted molar refractivity (Wildman–Crippen MR) is 108 cm³/mol. The summed E-state index contributed by atoms with van der Waals surface area (Å²) in [5, 5.41) is 8.87. The second-order valence-corrected chi connectivity index (χ2v) is 8.74. The third kappa shape index (κ3) is 5.64. The normalized spacial score (nSPS) is 17.4. The molecular weight excluding hydrogens is 457 g/mol. The molecule has 1 aromatic carbocycles. The first kappa shape index (κ1) is 23.2. The number of hydrogen-bond acceptors (Lipinski definition) is 7. The minimum atomic E-state index is -4.70. The van der Waals surface area contributed by atoms with Crippen LogP contribution in [0, 0.1) is 11.3 Å². The first-order valence-corrected chi connectivity index (χ1v) is 10.7. The van der Waals surface area contributed by atoms with Crippen molar-refractivity contribution in [1.29, 1.82) is 5.26 Å². The molecule has 2 heterocycles. The molecule has 1 unspecified atom stereocenters. The minimum absolute atomic E-state index is 0.0219. The highest BCUT2D eigenvalue weighted by Crippen LogP contribution is 2.33. The molecule has 12 heteroatoms. The fourth-order valence-corrected chi connectivity index (χ4v) is 4.91. The van der Waals surface area contributed by atoms with Crippen molar-refractivity contribution in [1.82, 2.24) is 9.97 Å². The van der Waals surface area contributed by atoms with Gasteiger partial charge in [-0.25, -0.2) is 9.97 Å². The number of benzene rings is 1. The van der Waals surface area contributed by atoms with Gasteiger partial charge >= 0.3 is 6.18 Å². The van der Waals surface area contributed by atoms with Gasteiger partial charge in [0, 0.05) is 26.3 Å². The van der Waals surface area contributed by atoms with Gasteiger partial charge in [0.25, 0.3) is 0 Å². The van der Waals surface area contributed by atoms with Gasteiger partial charge in [0.05, 0.1) is 32.6 Å². The van der Waals surface area contributed by atoms with Gasteiger partial charge in [-0.3, -0.25) is 4.21 Å². The van der Waals surface area contributed by atoms with Crippen molar-refractivity contribution >= 4 is 28.2 Å². The van der Waals surface area contributed by atoms with E-state index in [1.54, 1.807) is 36.3 Å². The first-order valence-electron chi connectivity index (χ1n) is 9.16. The van der Waals surface area contributed by atoms with E-state index in [4.69, 9.17) is 26.3 Å². The van der Waals surface area contributed by atoms with Gasteiger partial charge in [-0.05, 0) is 24.6 Å². The Hall–Kier alpha value is -2.42. The Labute approximate surface area is 184 Å². The lowest BCUT2D eigenvalue weighted by Crippen LogP contribution is -2.26. The van der Waals surface area contributed by atoms with E-state index >= 15 is 0 Å². The molecule has 2 atom stereocenters. The van der Waals surface area contributed by atoms with Crippen LogP contribution >= 0.6 is 11.6 Å². The molecule has 1 fully saturated rings. The molecule has 166 valence electrons. The molecule has 0 bridgehead atoms. The van der Waals surface area contributed by atoms with Crippen LogP contribution in [0.15, 0.2) is 29.2 Å². The molecule has 7 nitrogen and oxygen atoms in total. The Balaban J connectivity index is 1.74. The van der Waals surface area contributed by atoms with Crippen molar-refractivity contribution in [3.8, 4) is 11.8 Å². The summed E-state index contributed by atoms with van der Waals surface area (Å²) in [6.07, 6.45) is -4.24. The summed E-state index contributed by atoms with van der Waals surface area (Å²) in [7, 11) is 0.0611. The number of alkyl halides is 3. The van der Waals surface area contributed by atoms with E-state index in [2.05, 4.69) is 9.97 Å². The molecule has 0 saturated carbocycles. The number of halogens is 4. The van der Waals surface area contributed by atoms with E-state index < -0.39 is 28.5 Å². The van der Waals surface area contributed by atoms with Crippen molar-refractivity contribution in [2.75, 3.05) is 38.3 Å². The first-order chi connectivity index (χ1) is 14.7. The number of hydrogen-bond donors (Lipinski definition) is 0. The van der Waals surface area contributed by atoms with Crippen LogP contribution in [0.2, 0.25) is 5.02 Å². The van der Waals surface area contributed by atoms with Gasteiger partial charge in [-0.2, -0.15) is 18.4 Å². The quantitative estimate of drug-likeness (QED) is 0.568. The fourth-order valence-electron chi connectivity index (χ4n) is 3.06. The second-order valence-electron chi connectivity index (χ2n) is 6.63. The van der Waals surface area contributed by atoms with E-state index in [0.29, 0.717) is 36.8 Å². The number of methoxy groups -OCH3 is 1. The van der Waals surface area contributed by atoms with Crippen LogP contribution in [0.4, 0.5) is 19.0 Å². The molecule has 0 N–H and O–H groups in total. The van der Waals surface area contributed by atoms with Crippen molar-refractivity contribution in [3.05, 3.63) is 40.8 Å². The van der Waals surface area contributed by atoms with Crippen LogP contribution in [0.5, 0.6) is 5.75 Å². The van der Waals surface area contributed by atoms with E-state index in [-0.39, 0.29) is 22.6 Å².